The smallest absolute Gasteiger partial charge is 0.342 e. The lowest BCUT2D eigenvalue weighted by atomic mass is 10.1. The maximum absolute atomic E-state index is 13.2. The highest BCUT2D eigenvalue weighted by Crippen LogP contribution is 2.37. The number of nitrogens with zero attached hydrogens (tertiary/aromatic N) is 3. The van der Waals surface area contributed by atoms with Crippen molar-refractivity contribution in [2.24, 2.45) is 0 Å². The van der Waals surface area contributed by atoms with E-state index in [2.05, 4.69) is 4.98 Å². The summed E-state index contributed by atoms with van der Waals surface area (Å²) in [7, 11) is 0. The predicted molar refractivity (Wildman–Crippen MR) is 89.1 cm³/mol. The summed E-state index contributed by atoms with van der Waals surface area (Å²) in [5.41, 5.74) is -1.35. The first-order valence-electron chi connectivity index (χ1n) is 8.18. The third kappa shape index (κ3) is 4.88. The van der Waals surface area contributed by atoms with Gasteiger partial charge in [0.15, 0.2) is 0 Å². The van der Waals surface area contributed by atoms with Crippen molar-refractivity contribution >= 4 is 17.7 Å². The molecule has 0 unspecified atom stereocenters. The minimum Gasteiger partial charge on any atom is -0.342 e. The number of carbonyl (C=O) groups is 1. The third-order valence-corrected chi connectivity index (χ3v) is 5.16. The molecule has 0 radical (unpaired) electrons. The van der Waals surface area contributed by atoms with Crippen molar-refractivity contribution in [2.45, 2.75) is 56.0 Å². The predicted octanol–water partition coefficient (Wildman–Crippen LogP) is 4.16. The van der Waals surface area contributed by atoms with E-state index in [9.17, 15) is 23.2 Å². The Morgan fingerprint density at radius 1 is 1.32 bits per heavy atom. The molecule has 0 N–H and O–H groups in total. The molecule has 1 saturated heterocycles. The molecule has 2 rings (SSSR count). The first kappa shape index (κ1) is 19.6. The molecule has 8 heteroatoms. The van der Waals surface area contributed by atoms with Gasteiger partial charge in [0.05, 0.1) is 16.4 Å². The van der Waals surface area contributed by atoms with Crippen LogP contribution in [0.3, 0.4) is 0 Å². The second kappa shape index (κ2) is 8.09. The van der Waals surface area contributed by atoms with E-state index in [1.54, 1.807) is 17.9 Å². The molecule has 0 bridgehead atoms. The number of likely N-dealkylation sites (tertiary alicyclic amines) is 1. The number of hydrogen-bond donors (Lipinski definition) is 0. The second-order valence-corrected chi connectivity index (χ2v) is 7.43. The fraction of sp³-hybridized carbons (Fsp3) is 0.588. The van der Waals surface area contributed by atoms with Gasteiger partial charge >= 0.3 is 6.18 Å². The summed E-state index contributed by atoms with van der Waals surface area (Å²) in [5, 5.41) is 8.56. The van der Waals surface area contributed by atoms with E-state index in [1.807, 2.05) is 0 Å². The van der Waals surface area contributed by atoms with Crippen LogP contribution < -0.4 is 0 Å². The molecule has 1 aromatic rings. The molecule has 1 fully saturated rings. The van der Waals surface area contributed by atoms with E-state index in [0.29, 0.717) is 13.1 Å². The van der Waals surface area contributed by atoms with Gasteiger partial charge in [0.2, 0.25) is 5.91 Å². The standard InChI is InChI=1S/C17H20F3N3OS/c1-11-9-14(17(18,19)20)13(10-21)15(22-11)25-12(2)16(24)23-7-5-3-4-6-8-23/h9,12H,3-8H2,1-2H3/t12-/m1/s1. The van der Waals surface area contributed by atoms with E-state index >= 15 is 0 Å². The zero-order valence-corrected chi connectivity index (χ0v) is 15.0. The largest absolute Gasteiger partial charge is 0.417 e. The first-order valence-corrected chi connectivity index (χ1v) is 9.06. The Labute approximate surface area is 149 Å². The number of amides is 1. The van der Waals surface area contributed by atoms with E-state index in [-0.39, 0.29) is 16.6 Å². The molecule has 0 aromatic carbocycles. The Morgan fingerprint density at radius 3 is 2.44 bits per heavy atom. The monoisotopic (exact) mass is 371 g/mol. The van der Waals surface area contributed by atoms with E-state index in [1.165, 1.54) is 6.92 Å². The molecule has 1 atom stereocenters. The van der Waals surface area contributed by atoms with Gasteiger partial charge in [-0.2, -0.15) is 18.4 Å². The van der Waals surface area contributed by atoms with Crippen LogP contribution in [0.25, 0.3) is 0 Å². The van der Waals surface area contributed by atoms with Crippen LogP contribution in [0.1, 0.15) is 49.4 Å². The molecular weight excluding hydrogens is 351 g/mol. The summed E-state index contributed by atoms with van der Waals surface area (Å²) in [6, 6.07) is 2.47. The summed E-state index contributed by atoms with van der Waals surface area (Å²) < 4.78 is 39.5. The van der Waals surface area contributed by atoms with Crippen LogP contribution in [0.4, 0.5) is 13.2 Å². The number of pyridine rings is 1. The van der Waals surface area contributed by atoms with Gasteiger partial charge in [0.25, 0.3) is 0 Å². The number of nitriles is 1. The average molecular weight is 371 g/mol. The molecule has 0 saturated carbocycles. The average Bonchev–Trinajstić information content (AvgIpc) is 2.82. The Kier molecular flexibility index (Phi) is 6.33. The Bertz CT molecular complexity index is 677. The molecule has 0 aliphatic carbocycles. The van der Waals surface area contributed by atoms with Crippen LogP contribution in [-0.4, -0.2) is 34.1 Å². The normalized spacial score (nSPS) is 16.9. The third-order valence-electron chi connectivity index (χ3n) is 4.09. The van der Waals surface area contributed by atoms with Crippen LogP contribution in [0.5, 0.6) is 0 Å². The fourth-order valence-electron chi connectivity index (χ4n) is 2.83. The zero-order valence-electron chi connectivity index (χ0n) is 14.2. The van der Waals surface area contributed by atoms with Gasteiger partial charge in [-0.15, -0.1) is 0 Å². The number of thioether (sulfide) groups is 1. The number of carbonyl (C=O) groups excluding carboxylic acids is 1. The fourth-order valence-corrected chi connectivity index (χ4v) is 3.88. The molecule has 1 aliphatic heterocycles. The zero-order chi connectivity index (χ0) is 18.6. The molecule has 136 valence electrons. The molecule has 4 nitrogen and oxygen atoms in total. The second-order valence-electron chi connectivity index (χ2n) is 6.10. The Balaban J connectivity index is 2.25. The highest BCUT2D eigenvalue weighted by Gasteiger charge is 2.36. The molecule has 1 aromatic heterocycles. The Morgan fingerprint density at radius 2 is 1.92 bits per heavy atom. The maximum atomic E-state index is 13.2. The summed E-state index contributed by atoms with van der Waals surface area (Å²) in [6.07, 6.45) is -0.594. The van der Waals surface area contributed by atoms with Crippen molar-refractivity contribution in [3.8, 4) is 6.07 Å². The molecule has 0 spiro atoms. The van der Waals surface area contributed by atoms with Gasteiger partial charge in [0.1, 0.15) is 11.1 Å². The van der Waals surface area contributed by atoms with Gasteiger partial charge < -0.3 is 4.90 Å². The van der Waals surface area contributed by atoms with Crippen molar-refractivity contribution < 1.29 is 18.0 Å². The van der Waals surface area contributed by atoms with Crippen LogP contribution in [0.15, 0.2) is 11.1 Å². The number of alkyl halides is 3. The van der Waals surface area contributed by atoms with Gasteiger partial charge in [-0.05, 0) is 32.8 Å². The number of hydrogen-bond acceptors (Lipinski definition) is 4. The lowest BCUT2D eigenvalue weighted by Crippen LogP contribution is -2.37. The van der Waals surface area contributed by atoms with Crippen molar-refractivity contribution in [1.82, 2.24) is 9.88 Å². The molecule has 1 amide bonds. The molecule has 1 aliphatic rings. The van der Waals surface area contributed by atoms with Gasteiger partial charge in [-0.3, -0.25) is 4.79 Å². The highest BCUT2D eigenvalue weighted by atomic mass is 32.2. The number of aryl methyl sites for hydroxylation is 1. The quantitative estimate of drug-likeness (QED) is 0.749. The first-order chi connectivity index (χ1) is 11.7. The SMILES string of the molecule is Cc1cc(C(F)(F)F)c(C#N)c(S[C@H](C)C(=O)N2CCCCCC2)n1. The summed E-state index contributed by atoms with van der Waals surface area (Å²) >= 11 is 0.923. The van der Waals surface area contributed by atoms with Crippen molar-refractivity contribution in [1.29, 1.82) is 5.26 Å². The number of aromatic nitrogens is 1. The Hall–Kier alpha value is -1.75. The summed E-state index contributed by atoms with van der Waals surface area (Å²) in [6.45, 7) is 4.44. The van der Waals surface area contributed by atoms with Gasteiger partial charge in [-0.1, -0.05) is 24.6 Å². The van der Waals surface area contributed by atoms with Crippen LogP contribution in [-0.2, 0) is 11.0 Å². The van der Waals surface area contributed by atoms with Crippen LogP contribution in [0.2, 0.25) is 0 Å². The highest BCUT2D eigenvalue weighted by molar-refractivity contribution is 8.00. The lowest BCUT2D eigenvalue weighted by molar-refractivity contribution is -0.138. The minimum absolute atomic E-state index is 0.0366. The minimum atomic E-state index is -4.63. The summed E-state index contributed by atoms with van der Waals surface area (Å²) in [4.78, 5) is 18.4. The van der Waals surface area contributed by atoms with E-state index < -0.39 is 22.6 Å². The number of halogens is 3. The lowest BCUT2D eigenvalue weighted by Gasteiger charge is -2.24. The number of rotatable bonds is 3. The molecule has 2 heterocycles. The van der Waals surface area contributed by atoms with Crippen LogP contribution >= 0.6 is 11.8 Å². The van der Waals surface area contributed by atoms with E-state index in [4.69, 9.17) is 0 Å². The van der Waals surface area contributed by atoms with Gasteiger partial charge in [-0.25, -0.2) is 4.98 Å². The van der Waals surface area contributed by atoms with Crippen molar-refractivity contribution in [3.63, 3.8) is 0 Å². The maximum Gasteiger partial charge on any atom is 0.417 e. The topological polar surface area (TPSA) is 57.0 Å². The molecular formula is C17H20F3N3OS. The van der Waals surface area contributed by atoms with Crippen molar-refractivity contribution in [2.75, 3.05) is 13.1 Å². The van der Waals surface area contributed by atoms with Crippen molar-refractivity contribution in [3.05, 3.63) is 22.9 Å². The van der Waals surface area contributed by atoms with E-state index in [0.717, 1.165) is 43.5 Å². The van der Waals surface area contributed by atoms with Gasteiger partial charge in [0, 0.05) is 18.8 Å². The molecule has 25 heavy (non-hydrogen) atoms. The summed E-state index contributed by atoms with van der Waals surface area (Å²) in [5.74, 6) is -0.118. The van der Waals surface area contributed by atoms with Crippen LogP contribution in [0, 0.1) is 18.3 Å².